The van der Waals surface area contributed by atoms with Crippen LogP contribution in [0.1, 0.15) is 24.0 Å². The molecule has 2 atom stereocenters. The molecular formula is C18H26N4O2S. The van der Waals surface area contributed by atoms with Crippen LogP contribution in [0.3, 0.4) is 0 Å². The van der Waals surface area contributed by atoms with Crippen molar-refractivity contribution in [2.75, 3.05) is 24.7 Å². The lowest BCUT2D eigenvalue weighted by Gasteiger charge is -2.31. The zero-order valence-corrected chi connectivity index (χ0v) is 15.2. The van der Waals surface area contributed by atoms with Crippen molar-refractivity contribution in [2.45, 2.75) is 32.0 Å². The number of thioether (sulfide) groups is 1. The number of hydrogen-bond donors (Lipinski definition) is 3. The Hall–Kier alpha value is -1.57. The first-order valence-electron chi connectivity index (χ1n) is 8.80. The van der Waals surface area contributed by atoms with Gasteiger partial charge in [-0.25, -0.2) is 0 Å². The van der Waals surface area contributed by atoms with E-state index in [0.717, 1.165) is 49.7 Å². The summed E-state index contributed by atoms with van der Waals surface area (Å²) in [5.74, 6) is 1.51. The summed E-state index contributed by atoms with van der Waals surface area (Å²) in [6.07, 6.45) is 1.90. The van der Waals surface area contributed by atoms with Gasteiger partial charge in [-0.2, -0.15) is 0 Å². The third kappa shape index (κ3) is 5.20. The molecule has 2 saturated heterocycles. The summed E-state index contributed by atoms with van der Waals surface area (Å²) < 4.78 is 0. The molecular weight excluding hydrogens is 336 g/mol. The lowest BCUT2D eigenvalue weighted by Crippen LogP contribution is -2.41. The summed E-state index contributed by atoms with van der Waals surface area (Å²) in [6, 6.07) is 8.20. The lowest BCUT2D eigenvalue weighted by atomic mass is 9.97. The standard InChI is InChI=1S/C18H26N4O2S/c19-17(23)15-5-2-6-22(10-15)9-14-4-1-3-13(7-14)8-20-18(24)16-11-25-12-21-16/h1,3-4,7,15-16,21H,2,5-6,8-12H2,(H2,19,23)(H,20,24). The van der Waals surface area contributed by atoms with Crippen molar-refractivity contribution in [2.24, 2.45) is 11.7 Å². The SMILES string of the molecule is NC(=O)C1CCCN(Cc2cccc(CNC(=O)C3CSCN3)c2)C1. The number of rotatable bonds is 6. The van der Waals surface area contributed by atoms with E-state index in [1.807, 2.05) is 12.1 Å². The van der Waals surface area contributed by atoms with Crippen molar-refractivity contribution in [1.82, 2.24) is 15.5 Å². The zero-order chi connectivity index (χ0) is 17.6. The van der Waals surface area contributed by atoms with Crippen LogP contribution < -0.4 is 16.4 Å². The van der Waals surface area contributed by atoms with Crippen LogP contribution in [0.4, 0.5) is 0 Å². The van der Waals surface area contributed by atoms with Crippen LogP contribution in [0.2, 0.25) is 0 Å². The molecule has 1 aromatic rings. The van der Waals surface area contributed by atoms with Crippen LogP contribution in [0.15, 0.2) is 24.3 Å². The van der Waals surface area contributed by atoms with Gasteiger partial charge in [0.15, 0.2) is 0 Å². The number of piperidine rings is 1. The Bertz CT molecular complexity index is 619. The van der Waals surface area contributed by atoms with Gasteiger partial charge in [0.05, 0.1) is 12.0 Å². The Morgan fingerprint density at radius 1 is 1.36 bits per heavy atom. The summed E-state index contributed by atoms with van der Waals surface area (Å²) in [5.41, 5.74) is 7.75. The molecule has 4 N–H and O–H groups in total. The van der Waals surface area contributed by atoms with E-state index in [0.29, 0.717) is 6.54 Å². The van der Waals surface area contributed by atoms with Crippen molar-refractivity contribution in [1.29, 1.82) is 0 Å². The second-order valence-corrected chi connectivity index (χ2v) is 7.82. The maximum Gasteiger partial charge on any atom is 0.238 e. The first kappa shape index (κ1) is 18.2. The van der Waals surface area contributed by atoms with Crippen molar-refractivity contribution >= 4 is 23.6 Å². The van der Waals surface area contributed by atoms with Crippen LogP contribution in [0, 0.1) is 5.92 Å². The highest BCUT2D eigenvalue weighted by molar-refractivity contribution is 7.99. The van der Waals surface area contributed by atoms with Crippen LogP contribution in [-0.2, 0) is 22.7 Å². The number of nitrogens with zero attached hydrogens (tertiary/aromatic N) is 1. The number of amides is 2. The summed E-state index contributed by atoms with van der Waals surface area (Å²) >= 11 is 1.75. The van der Waals surface area contributed by atoms with E-state index < -0.39 is 0 Å². The predicted molar refractivity (Wildman–Crippen MR) is 99.7 cm³/mol. The van der Waals surface area contributed by atoms with Gasteiger partial charge >= 0.3 is 0 Å². The molecule has 0 aromatic heterocycles. The van der Waals surface area contributed by atoms with E-state index in [1.54, 1.807) is 11.8 Å². The Morgan fingerprint density at radius 3 is 2.96 bits per heavy atom. The van der Waals surface area contributed by atoms with E-state index in [1.165, 1.54) is 5.56 Å². The third-order valence-electron chi connectivity index (χ3n) is 4.81. The van der Waals surface area contributed by atoms with E-state index in [9.17, 15) is 9.59 Å². The second-order valence-electron chi connectivity index (χ2n) is 6.79. The molecule has 0 aliphatic carbocycles. The van der Waals surface area contributed by atoms with Gasteiger partial charge in [-0.05, 0) is 30.5 Å². The first-order valence-corrected chi connectivity index (χ1v) is 9.95. The number of carbonyl (C=O) groups is 2. The lowest BCUT2D eigenvalue weighted by molar-refractivity contribution is -0.123. The van der Waals surface area contributed by atoms with Gasteiger partial charge < -0.3 is 11.1 Å². The molecule has 2 aliphatic rings. The molecule has 0 spiro atoms. The minimum absolute atomic E-state index is 0.0343. The van der Waals surface area contributed by atoms with E-state index in [4.69, 9.17) is 5.73 Å². The van der Waals surface area contributed by atoms with Gasteiger partial charge in [0.2, 0.25) is 11.8 Å². The molecule has 2 heterocycles. The minimum atomic E-state index is -0.195. The number of likely N-dealkylation sites (tertiary alicyclic amines) is 1. The smallest absolute Gasteiger partial charge is 0.238 e. The molecule has 0 saturated carbocycles. The Morgan fingerprint density at radius 2 is 2.20 bits per heavy atom. The molecule has 136 valence electrons. The fourth-order valence-corrected chi connectivity index (χ4v) is 4.35. The molecule has 2 aliphatic heterocycles. The maximum absolute atomic E-state index is 12.1. The highest BCUT2D eigenvalue weighted by Crippen LogP contribution is 2.19. The molecule has 6 nitrogen and oxygen atoms in total. The fourth-order valence-electron chi connectivity index (χ4n) is 3.40. The van der Waals surface area contributed by atoms with Gasteiger partial charge in [0.1, 0.15) is 0 Å². The summed E-state index contributed by atoms with van der Waals surface area (Å²) in [6.45, 7) is 3.09. The number of nitrogens with two attached hydrogens (primary N) is 1. The van der Waals surface area contributed by atoms with Crippen LogP contribution in [-0.4, -0.2) is 47.5 Å². The van der Waals surface area contributed by atoms with Gasteiger partial charge in [-0.3, -0.25) is 19.8 Å². The molecule has 1 aromatic carbocycles. The van der Waals surface area contributed by atoms with Gasteiger partial charge in [0.25, 0.3) is 0 Å². The molecule has 2 amide bonds. The van der Waals surface area contributed by atoms with Crippen molar-refractivity contribution < 1.29 is 9.59 Å². The molecule has 0 bridgehead atoms. The Balaban J connectivity index is 1.52. The number of carbonyl (C=O) groups excluding carboxylic acids is 2. The van der Waals surface area contributed by atoms with Crippen LogP contribution >= 0.6 is 11.8 Å². The average molecular weight is 362 g/mol. The van der Waals surface area contributed by atoms with Crippen molar-refractivity contribution in [3.63, 3.8) is 0 Å². The van der Waals surface area contributed by atoms with E-state index in [2.05, 4.69) is 27.7 Å². The van der Waals surface area contributed by atoms with Gasteiger partial charge in [-0.1, -0.05) is 24.3 Å². The van der Waals surface area contributed by atoms with Crippen molar-refractivity contribution in [3.05, 3.63) is 35.4 Å². The number of hydrogen-bond acceptors (Lipinski definition) is 5. The fraction of sp³-hybridized carbons (Fsp3) is 0.556. The Kier molecular flexibility index (Phi) is 6.34. The predicted octanol–water partition coefficient (Wildman–Crippen LogP) is 0.663. The molecule has 2 fully saturated rings. The summed E-state index contributed by atoms with van der Waals surface area (Å²) in [5, 5.41) is 6.18. The highest BCUT2D eigenvalue weighted by atomic mass is 32.2. The quantitative estimate of drug-likeness (QED) is 0.692. The minimum Gasteiger partial charge on any atom is -0.369 e. The molecule has 3 rings (SSSR count). The number of nitrogens with one attached hydrogen (secondary N) is 2. The van der Waals surface area contributed by atoms with Gasteiger partial charge in [0, 0.05) is 31.3 Å². The second kappa shape index (κ2) is 8.69. The normalized spacial score (nSPS) is 24.2. The first-order chi connectivity index (χ1) is 12.1. The number of primary amides is 1. The van der Waals surface area contributed by atoms with Crippen molar-refractivity contribution in [3.8, 4) is 0 Å². The van der Waals surface area contributed by atoms with Crippen LogP contribution in [0.5, 0.6) is 0 Å². The van der Waals surface area contributed by atoms with Crippen LogP contribution in [0.25, 0.3) is 0 Å². The summed E-state index contributed by atoms with van der Waals surface area (Å²) in [7, 11) is 0. The van der Waals surface area contributed by atoms with E-state index >= 15 is 0 Å². The zero-order valence-electron chi connectivity index (χ0n) is 14.4. The molecule has 25 heavy (non-hydrogen) atoms. The summed E-state index contributed by atoms with van der Waals surface area (Å²) in [4.78, 5) is 25.8. The monoisotopic (exact) mass is 362 g/mol. The third-order valence-corrected chi connectivity index (χ3v) is 5.74. The molecule has 0 radical (unpaired) electrons. The average Bonchev–Trinajstić information content (AvgIpc) is 3.15. The molecule has 7 heteroatoms. The topological polar surface area (TPSA) is 87.5 Å². The maximum atomic E-state index is 12.1. The largest absolute Gasteiger partial charge is 0.369 e. The highest BCUT2D eigenvalue weighted by Gasteiger charge is 2.24. The van der Waals surface area contributed by atoms with Gasteiger partial charge in [-0.15, -0.1) is 11.8 Å². The number of benzene rings is 1. The molecule has 2 unspecified atom stereocenters. The van der Waals surface area contributed by atoms with E-state index in [-0.39, 0.29) is 23.8 Å². The Labute approximate surface area is 152 Å².